The summed E-state index contributed by atoms with van der Waals surface area (Å²) in [5.41, 5.74) is 2.04. The van der Waals surface area contributed by atoms with Crippen LogP contribution in [0, 0.1) is 14.9 Å². The second kappa shape index (κ2) is 7.97. The maximum Gasteiger partial charge on any atom is 0.339 e. The highest BCUT2D eigenvalue weighted by molar-refractivity contribution is 14.1. The van der Waals surface area contributed by atoms with E-state index in [1.807, 2.05) is 28.7 Å². The Morgan fingerprint density at radius 2 is 2.04 bits per heavy atom. The summed E-state index contributed by atoms with van der Waals surface area (Å²) in [5.74, 6) is -0.972. The number of carbonyl (C=O) groups is 2. The molecule has 1 N–H and O–H groups in total. The Bertz CT molecular complexity index is 870. The fourth-order valence-corrected chi connectivity index (χ4v) is 4.63. The number of amides is 1. The van der Waals surface area contributed by atoms with Gasteiger partial charge in [-0.05, 0) is 66.0 Å². The number of rotatable bonds is 4. The van der Waals surface area contributed by atoms with E-state index in [0.717, 1.165) is 34.8 Å². The molecule has 2 aromatic rings. The Balaban J connectivity index is 1.64. The van der Waals surface area contributed by atoms with Crippen molar-refractivity contribution in [3.05, 3.63) is 49.4 Å². The summed E-state index contributed by atoms with van der Waals surface area (Å²) >= 11 is 3.50. The number of carbonyl (C=O) groups excluding carboxylic acids is 2. The minimum absolute atomic E-state index is 0.378. The number of anilines is 1. The van der Waals surface area contributed by atoms with Gasteiger partial charge in [0.2, 0.25) is 0 Å². The number of hydrogen-bond acceptors (Lipinski definition) is 5. The second-order valence-electron chi connectivity index (χ2n) is 5.63. The number of aryl methyl sites for hydroxylation is 1. The highest BCUT2D eigenvalue weighted by Gasteiger charge is 2.22. The molecule has 0 spiro atoms. The first-order valence-corrected chi connectivity index (χ1v) is 9.76. The number of esters is 1. The molecule has 25 heavy (non-hydrogen) atoms. The summed E-state index contributed by atoms with van der Waals surface area (Å²) in [6.07, 6.45) is 4.01. The van der Waals surface area contributed by atoms with Gasteiger partial charge in [0.1, 0.15) is 11.1 Å². The molecule has 1 aromatic carbocycles. The summed E-state index contributed by atoms with van der Waals surface area (Å²) in [7, 11) is 0. The number of fused-ring (bicyclic) bond motifs is 1. The SMILES string of the molecule is N#Cc1c(NC(=O)COC(=O)c2ccccc2I)sc2c1CCCC2. The highest BCUT2D eigenvalue weighted by Crippen LogP contribution is 2.37. The molecule has 0 atom stereocenters. The number of benzene rings is 1. The number of halogens is 1. The molecule has 0 fully saturated rings. The van der Waals surface area contributed by atoms with Crippen LogP contribution in [-0.2, 0) is 22.4 Å². The van der Waals surface area contributed by atoms with Gasteiger partial charge in [0.15, 0.2) is 6.61 Å². The van der Waals surface area contributed by atoms with E-state index in [1.165, 1.54) is 16.2 Å². The summed E-state index contributed by atoms with van der Waals surface area (Å²) in [6.45, 7) is -0.378. The first-order valence-electron chi connectivity index (χ1n) is 7.86. The molecule has 1 aliphatic rings. The Morgan fingerprint density at radius 3 is 2.80 bits per heavy atom. The molecule has 1 aromatic heterocycles. The number of nitriles is 1. The third-order valence-corrected chi connectivity index (χ3v) is 6.11. The van der Waals surface area contributed by atoms with E-state index in [4.69, 9.17) is 4.74 Å². The van der Waals surface area contributed by atoms with E-state index < -0.39 is 11.9 Å². The predicted octanol–water partition coefficient (Wildman–Crippen LogP) is 3.90. The van der Waals surface area contributed by atoms with Gasteiger partial charge in [-0.25, -0.2) is 4.79 Å². The molecular formula is C18H15IN2O3S. The summed E-state index contributed by atoms with van der Waals surface area (Å²) in [6, 6.07) is 9.22. The zero-order valence-electron chi connectivity index (χ0n) is 13.3. The number of nitrogens with zero attached hydrogens (tertiary/aromatic N) is 1. The quantitative estimate of drug-likeness (QED) is 0.548. The maximum absolute atomic E-state index is 12.1. The van der Waals surface area contributed by atoms with Crippen LogP contribution in [0.4, 0.5) is 5.00 Å². The zero-order chi connectivity index (χ0) is 17.8. The van der Waals surface area contributed by atoms with Crippen molar-refractivity contribution >= 4 is 50.8 Å². The van der Waals surface area contributed by atoms with Crippen LogP contribution in [0.25, 0.3) is 0 Å². The van der Waals surface area contributed by atoms with Crippen molar-refractivity contribution in [1.29, 1.82) is 5.26 Å². The van der Waals surface area contributed by atoms with E-state index in [9.17, 15) is 14.9 Å². The Kier molecular flexibility index (Phi) is 5.71. The van der Waals surface area contributed by atoms with E-state index in [2.05, 4.69) is 11.4 Å². The standard InChI is InChI=1S/C18H15IN2O3S/c19-14-7-3-1-6-12(14)18(23)24-10-16(22)21-17-13(9-20)11-5-2-4-8-15(11)25-17/h1,3,6-7H,2,4-5,8,10H2,(H,21,22). The third kappa shape index (κ3) is 4.02. The van der Waals surface area contributed by atoms with Crippen LogP contribution >= 0.6 is 33.9 Å². The number of nitrogens with one attached hydrogen (secondary N) is 1. The zero-order valence-corrected chi connectivity index (χ0v) is 16.3. The lowest BCUT2D eigenvalue weighted by Crippen LogP contribution is -2.21. The molecule has 0 radical (unpaired) electrons. The number of ether oxygens (including phenoxy) is 1. The fraction of sp³-hybridized carbons (Fsp3) is 0.278. The van der Waals surface area contributed by atoms with Crippen molar-refractivity contribution in [3.63, 3.8) is 0 Å². The highest BCUT2D eigenvalue weighted by atomic mass is 127. The van der Waals surface area contributed by atoms with Crippen LogP contribution in [0.1, 0.15) is 39.2 Å². The molecule has 128 valence electrons. The van der Waals surface area contributed by atoms with Gasteiger partial charge >= 0.3 is 5.97 Å². The van der Waals surface area contributed by atoms with Gasteiger partial charge in [-0.3, -0.25) is 4.79 Å². The van der Waals surface area contributed by atoms with Gasteiger partial charge in [-0.15, -0.1) is 11.3 Å². The monoisotopic (exact) mass is 466 g/mol. The van der Waals surface area contributed by atoms with Gasteiger partial charge < -0.3 is 10.1 Å². The smallest absolute Gasteiger partial charge is 0.339 e. The van der Waals surface area contributed by atoms with Crippen LogP contribution in [-0.4, -0.2) is 18.5 Å². The molecule has 0 saturated heterocycles. The van der Waals surface area contributed by atoms with Crippen molar-refractivity contribution in [2.24, 2.45) is 0 Å². The summed E-state index contributed by atoms with van der Waals surface area (Å²) < 4.78 is 5.85. The van der Waals surface area contributed by atoms with E-state index in [-0.39, 0.29) is 6.61 Å². The van der Waals surface area contributed by atoms with Gasteiger partial charge in [0, 0.05) is 8.45 Å². The molecular weight excluding hydrogens is 451 g/mol. The van der Waals surface area contributed by atoms with Crippen molar-refractivity contribution in [2.45, 2.75) is 25.7 Å². The van der Waals surface area contributed by atoms with Gasteiger partial charge in [-0.2, -0.15) is 5.26 Å². The first kappa shape index (κ1) is 17.9. The van der Waals surface area contributed by atoms with Crippen LogP contribution < -0.4 is 5.32 Å². The minimum Gasteiger partial charge on any atom is -0.452 e. The topological polar surface area (TPSA) is 79.2 Å². The molecule has 0 aliphatic heterocycles. The molecule has 7 heteroatoms. The lowest BCUT2D eigenvalue weighted by Gasteiger charge is -2.09. The van der Waals surface area contributed by atoms with Gasteiger partial charge in [-0.1, -0.05) is 12.1 Å². The van der Waals surface area contributed by atoms with E-state index in [0.29, 0.717) is 16.1 Å². The first-order chi connectivity index (χ1) is 12.1. The van der Waals surface area contributed by atoms with Crippen LogP contribution in [0.5, 0.6) is 0 Å². The van der Waals surface area contributed by atoms with Crippen LogP contribution in [0.2, 0.25) is 0 Å². The number of thiophene rings is 1. The van der Waals surface area contributed by atoms with Crippen LogP contribution in [0.15, 0.2) is 24.3 Å². The Hall–Kier alpha value is -1.92. The van der Waals surface area contributed by atoms with E-state index >= 15 is 0 Å². The fourth-order valence-electron chi connectivity index (χ4n) is 2.77. The number of hydrogen-bond donors (Lipinski definition) is 1. The van der Waals surface area contributed by atoms with Crippen molar-refractivity contribution in [1.82, 2.24) is 0 Å². The Labute approximate surface area is 163 Å². The lowest BCUT2D eigenvalue weighted by molar-refractivity contribution is -0.119. The molecule has 1 aliphatic carbocycles. The maximum atomic E-state index is 12.1. The molecule has 1 heterocycles. The van der Waals surface area contributed by atoms with Gasteiger partial charge in [0.25, 0.3) is 5.91 Å². The van der Waals surface area contributed by atoms with Crippen molar-refractivity contribution < 1.29 is 14.3 Å². The average molecular weight is 466 g/mol. The molecule has 0 unspecified atom stereocenters. The lowest BCUT2D eigenvalue weighted by atomic mass is 9.96. The molecule has 1 amide bonds. The summed E-state index contributed by atoms with van der Waals surface area (Å²) in [5, 5.41) is 12.7. The normalized spacial score (nSPS) is 12.8. The average Bonchev–Trinajstić information content (AvgIpc) is 2.97. The molecule has 0 bridgehead atoms. The molecule has 3 rings (SSSR count). The van der Waals surface area contributed by atoms with Crippen LogP contribution in [0.3, 0.4) is 0 Å². The van der Waals surface area contributed by atoms with Crippen molar-refractivity contribution in [3.8, 4) is 6.07 Å². The Morgan fingerprint density at radius 1 is 1.28 bits per heavy atom. The molecule has 5 nitrogen and oxygen atoms in total. The molecule has 0 saturated carbocycles. The van der Waals surface area contributed by atoms with Crippen molar-refractivity contribution in [2.75, 3.05) is 11.9 Å². The second-order valence-corrected chi connectivity index (χ2v) is 7.90. The van der Waals surface area contributed by atoms with E-state index in [1.54, 1.807) is 18.2 Å². The van der Waals surface area contributed by atoms with Gasteiger partial charge in [0.05, 0.1) is 11.1 Å². The largest absolute Gasteiger partial charge is 0.452 e. The summed E-state index contributed by atoms with van der Waals surface area (Å²) in [4.78, 5) is 25.3. The predicted molar refractivity (Wildman–Crippen MR) is 104 cm³/mol. The minimum atomic E-state index is -0.536. The third-order valence-electron chi connectivity index (χ3n) is 3.96.